The van der Waals surface area contributed by atoms with Crippen molar-refractivity contribution in [2.75, 3.05) is 9.80 Å². The van der Waals surface area contributed by atoms with Gasteiger partial charge in [-0.2, -0.15) is 0 Å². The quantitative estimate of drug-likeness (QED) is 0.127. The first-order valence-corrected chi connectivity index (χ1v) is 41.1. The first kappa shape index (κ1) is 69.3. The summed E-state index contributed by atoms with van der Waals surface area (Å²) in [4.78, 5) is 4.83. The van der Waals surface area contributed by atoms with Gasteiger partial charge in [-0.25, -0.2) is 0 Å². The third-order valence-electron chi connectivity index (χ3n) is 26.4. The topological polar surface area (TPSA) is 6.48 Å². The van der Waals surface area contributed by atoms with Gasteiger partial charge in [0, 0.05) is 39.4 Å². The van der Waals surface area contributed by atoms with E-state index in [1.54, 1.807) is 0 Å². The minimum atomic E-state index is -0.548. The summed E-state index contributed by atoms with van der Waals surface area (Å²) in [6.45, 7) is 4.72. The molecule has 0 unspecified atom stereocenters. The first-order valence-electron chi connectivity index (χ1n) is 41.1. The lowest BCUT2D eigenvalue weighted by atomic mass is 9.51. The minimum absolute atomic E-state index is 0.0978. The van der Waals surface area contributed by atoms with Gasteiger partial charge in [0.2, 0.25) is 0 Å². The fourth-order valence-electron chi connectivity index (χ4n) is 21.9. The molecule has 0 aliphatic heterocycles. The summed E-state index contributed by atoms with van der Waals surface area (Å²) < 4.78 is 0. The van der Waals surface area contributed by atoms with E-state index >= 15 is 0 Å². The highest BCUT2D eigenvalue weighted by Gasteiger charge is 2.59. The molecule has 2 heteroatoms. The highest BCUT2D eigenvalue weighted by atomic mass is 15.1. The number of hydrogen-bond acceptors (Lipinski definition) is 2. The van der Waals surface area contributed by atoms with Gasteiger partial charge < -0.3 is 9.80 Å². The Balaban J connectivity index is 0.000000146. The molecule has 0 N–H and O–H groups in total. The third kappa shape index (κ3) is 9.98. The van der Waals surface area contributed by atoms with E-state index in [0.717, 1.165) is 28.4 Å². The normalized spacial score (nSPS) is 14.6. The zero-order valence-electron chi connectivity index (χ0n) is 65.3. The van der Waals surface area contributed by atoms with E-state index < -0.39 is 21.7 Å². The molecule has 0 aromatic heterocycles. The second-order valence-electron chi connectivity index (χ2n) is 32.3. The molecule has 117 heavy (non-hydrogen) atoms. The molecule has 2 nitrogen and oxygen atoms in total. The molecule has 0 fully saturated rings. The van der Waals surface area contributed by atoms with E-state index in [1.165, 1.54) is 150 Å². The van der Waals surface area contributed by atoms with E-state index in [0.29, 0.717) is 0 Å². The van der Waals surface area contributed by atoms with Gasteiger partial charge in [0.1, 0.15) is 0 Å². The molecule has 18 aromatic carbocycles. The van der Waals surface area contributed by atoms with Gasteiger partial charge in [-0.15, -0.1) is 0 Å². The van der Waals surface area contributed by atoms with Crippen LogP contribution in [0.15, 0.2) is 461 Å². The van der Waals surface area contributed by atoms with Crippen molar-refractivity contribution < 1.29 is 0 Å². The molecule has 0 saturated carbocycles. The van der Waals surface area contributed by atoms with Crippen molar-refractivity contribution >= 4 is 34.1 Å². The number of hydrogen-bond donors (Lipinski definition) is 0. The third-order valence-corrected chi connectivity index (χ3v) is 26.4. The van der Waals surface area contributed by atoms with Crippen molar-refractivity contribution in [1.29, 1.82) is 0 Å². The number of rotatable bonds is 11. The lowest BCUT2D eigenvalue weighted by Crippen LogP contribution is -2.44. The monoisotopic (exact) mass is 1490 g/mol. The molecule has 2 spiro atoms. The van der Waals surface area contributed by atoms with Crippen LogP contribution in [0.5, 0.6) is 0 Å². The van der Waals surface area contributed by atoms with Crippen molar-refractivity contribution in [1.82, 2.24) is 0 Å². The molecular formula is C115H82N2. The highest BCUT2D eigenvalue weighted by molar-refractivity contribution is 6.01. The number of anilines is 6. The summed E-state index contributed by atoms with van der Waals surface area (Å²) in [7, 11) is 0. The maximum Gasteiger partial charge on any atom is 0.0720 e. The summed E-state index contributed by atoms with van der Waals surface area (Å²) in [5.74, 6) is 0. The van der Waals surface area contributed by atoms with Gasteiger partial charge in [-0.05, 0) is 206 Å². The Bertz CT molecular complexity index is 6610. The average molecular weight is 1490 g/mol. The van der Waals surface area contributed by atoms with Crippen LogP contribution in [-0.2, 0) is 27.1 Å². The van der Waals surface area contributed by atoms with Crippen molar-refractivity contribution in [3.05, 3.63) is 561 Å². The smallest absolute Gasteiger partial charge is 0.0720 e. The molecule has 18 aromatic rings. The molecule has 0 atom stereocenters. The number of fused-ring (bicyclic) bond motifs is 21. The van der Waals surface area contributed by atoms with Crippen molar-refractivity contribution in [3.8, 4) is 44.5 Å². The van der Waals surface area contributed by atoms with Gasteiger partial charge >= 0.3 is 0 Å². The Morgan fingerprint density at radius 1 is 0.162 bits per heavy atom. The number of nitrogens with zero attached hydrogens (tertiary/aromatic N) is 2. The molecule has 0 radical (unpaired) electrons. The SMILES string of the molecule is CC1(C)c2ccccc2-c2ccc(N(c3ccccc3)c3ccc(-c4cccc5c4-c4ccccc4C54c5ccccc5C(c5ccccc5)(c5ccccc5)c5ccccc54)cc3)cc21.c1ccc(N(c2ccccc2)c2cccc3c2-c2ccccc2C32c3ccccc3C(c3ccccc3)(c3ccccc3)c3ccccc32)cc1. The van der Waals surface area contributed by atoms with Gasteiger partial charge in [0.25, 0.3) is 0 Å². The standard InChI is InChI=1S/C65H47N.C50H35N/c1-63(2)54-30-14-12-27-51(54)52-42-41-49(43-61(52)63)66(47-25-10-5-11-26-47)48-39-37-44(38-40-48)50-29-20-36-60-62(50)53-28-13-15-31-55(53)65(60)58-34-18-16-32-56(58)64(45-21-6-3-7-22-45,46-23-8-4-9-24-46)57-33-17-19-35-59(57)65;1-5-20-36(21-6-1)49(37-22-7-2-8-23-37)42-30-15-17-32-44(42)50(45-33-18-16-31-43(45)49)41-29-14-13-28-40(41)48-46(50)34-19-35-47(48)51(38-24-9-3-10-25-38)39-26-11-4-12-27-39/h3-43H,1-2H3;1-35H. The Morgan fingerprint density at radius 3 is 0.846 bits per heavy atom. The second kappa shape index (κ2) is 27.4. The predicted octanol–water partition coefficient (Wildman–Crippen LogP) is 28.4. The van der Waals surface area contributed by atoms with Crippen molar-refractivity contribution in [2.45, 2.75) is 40.9 Å². The average Bonchev–Trinajstić information content (AvgIpc) is 1.58. The summed E-state index contributed by atoms with van der Waals surface area (Å²) in [5.41, 5.74) is 38.5. The lowest BCUT2D eigenvalue weighted by molar-refractivity contribution is 0.623. The van der Waals surface area contributed by atoms with Gasteiger partial charge in [0.15, 0.2) is 0 Å². The van der Waals surface area contributed by atoms with Gasteiger partial charge in [-0.3, -0.25) is 0 Å². The molecule has 552 valence electrons. The van der Waals surface area contributed by atoms with Crippen LogP contribution in [0.3, 0.4) is 0 Å². The lowest BCUT2D eigenvalue weighted by Gasteiger charge is -2.50. The van der Waals surface area contributed by atoms with Crippen LogP contribution in [0.25, 0.3) is 44.5 Å². The molecule has 23 rings (SSSR count). The fourth-order valence-corrected chi connectivity index (χ4v) is 21.9. The van der Waals surface area contributed by atoms with Crippen LogP contribution in [0.4, 0.5) is 34.1 Å². The molecular weight excluding hydrogens is 1410 g/mol. The Hall–Kier alpha value is -14.4. The molecule has 0 amide bonds. The van der Waals surface area contributed by atoms with Crippen molar-refractivity contribution in [2.24, 2.45) is 0 Å². The van der Waals surface area contributed by atoms with Crippen LogP contribution in [0.2, 0.25) is 0 Å². The van der Waals surface area contributed by atoms with E-state index in [1.807, 2.05) is 0 Å². The predicted molar refractivity (Wildman–Crippen MR) is 484 cm³/mol. The van der Waals surface area contributed by atoms with E-state index in [9.17, 15) is 0 Å². The van der Waals surface area contributed by atoms with E-state index in [4.69, 9.17) is 0 Å². The van der Waals surface area contributed by atoms with Crippen molar-refractivity contribution in [3.63, 3.8) is 0 Å². The van der Waals surface area contributed by atoms with Gasteiger partial charge in [0.05, 0.1) is 27.3 Å². The maximum atomic E-state index is 2.42. The zero-order chi connectivity index (χ0) is 77.9. The maximum absolute atomic E-state index is 2.42. The molecule has 5 aliphatic rings. The van der Waals surface area contributed by atoms with E-state index in [2.05, 4.69) is 485 Å². The minimum Gasteiger partial charge on any atom is -0.310 e. The van der Waals surface area contributed by atoms with Crippen LogP contribution in [0, 0.1) is 0 Å². The van der Waals surface area contributed by atoms with E-state index in [-0.39, 0.29) is 5.41 Å². The van der Waals surface area contributed by atoms with Crippen LogP contribution >= 0.6 is 0 Å². The zero-order valence-corrected chi connectivity index (χ0v) is 65.3. The summed E-state index contributed by atoms with van der Waals surface area (Å²) in [6.07, 6.45) is 0. The van der Waals surface area contributed by atoms with Gasteiger partial charge in [-0.1, -0.05) is 408 Å². The highest BCUT2D eigenvalue weighted by Crippen LogP contribution is 2.69. The summed E-state index contributed by atoms with van der Waals surface area (Å²) >= 11 is 0. The Morgan fingerprint density at radius 2 is 0.436 bits per heavy atom. The Kier molecular flexibility index (Phi) is 16.2. The molecule has 5 aliphatic carbocycles. The van der Waals surface area contributed by atoms with Crippen LogP contribution in [0.1, 0.15) is 114 Å². The largest absolute Gasteiger partial charge is 0.310 e. The fraction of sp³-hybridized carbons (Fsp3) is 0.0609. The number of para-hydroxylation sites is 3. The summed E-state index contributed by atoms with van der Waals surface area (Å²) in [5, 5.41) is 0. The molecule has 0 bridgehead atoms. The first-order chi connectivity index (χ1) is 57.9. The Labute approximate surface area is 685 Å². The summed E-state index contributed by atoms with van der Waals surface area (Å²) in [6, 6.07) is 171. The van der Waals surface area contributed by atoms with Crippen LogP contribution in [-0.4, -0.2) is 0 Å². The second-order valence-corrected chi connectivity index (χ2v) is 32.3. The molecule has 0 saturated heterocycles. The number of benzene rings is 18. The van der Waals surface area contributed by atoms with Crippen LogP contribution < -0.4 is 9.80 Å². The molecule has 0 heterocycles.